The summed E-state index contributed by atoms with van der Waals surface area (Å²) in [7, 11) is 0. The van der Waals surface area contributed by atoms with Crippen LogP contribution in [0.15, 0.2) is 48.5 Å². The average Bonchev–Trinajstić information content (AvgIpc) is 2.59. The molecule has 0 fully saturated rings. The molecule has 0 radical (unpaired) electrons. The zero-order valence-electron chi connectivity index (χ0n) is 14.4. The third kappa shape index (κ3) is 3.84. The Kier molecular flexibility index (Phi) is 4.99. The van der Waals surface area contributed by atoms with E-state index >= 15 is 0 Å². The van der Waals surface area contributed by atoms with Crippen LogP contribution in [0.5, 0.6) is 5.75 Å². The normalized spacial score (nSPS) is 10.7. The zero-order chi connectivity index (χ0) is 19.7. The molecule has 0 spiro atoms. The summed E-state index contributed by atoms with van der Waals surface area (Å²) in [6, 6.07) is 10.5. The molecule has 0 N–H and O–H groups in total. The second-order valence-electron chi connectivity index (χ2n) is 6.08. The highest BCUT2D eigenvalue weighted by Crippen LogP contribution is 2.27. The topological polar surface area (TPSA) is 26.3 Å². The summed E-state index contributed by atoms with van der Waals surface area (Å²) in [5.41, 5.74) is 0.606. The van der Waals surface area contributed by atoms with Crippen LogP contribution in [0, 0.1) is 37.1 Å². The van der Waals surface area contributed by atoms with Crippen LogP contribution in [0.2, 0.25) is 0 Å². The van der Waals surface area contributed by atoms with Crippen molar-refractivity contribution in [1.82, 2.24) is 0 Å². The third-order valence-electron chi connectivity index (χ3n) is 4.10. The number of carbonyl (C=O) groups excluding carboxylic acids is 1. The zero-order valence-corrected chi connectivity index (χ0v) is 14.4. The van der Waals surface area contributed by atoms with Crippen molar-refractivity contribution in [3.05, 3.63) is 88.5 Å². The minimum atomic E-state index is -1.39. The monoisotopic (exact) mass is 374 g/mol. The molecule has 0 saturated carbocycles. The first-order valence-electron chi connectivity index (χ1n) is 8.00. The number of carbonyl (C=O) groups is 1. The molecule has 6 heteroatoms. The molecular formula is C21H14F4O2. The number of halogens is 4. The standard InChI is InChI=1S/C21H14F4O2/c1-11-3-5-13(6-4-11)14-7-18(24)20(19(25)8-14)21(26)27-15-9-16(22)12(2)17(23)10-15/h3-10H,1-2H3. The lowest BCUT2D eigenvalue weighted by Gasteiger charge is -2.10. The fourth-order valence-corrected chi connectivity index (χ4v) is 2.52. The van der Waals surface area contributed by atoms with Crippen LogP contribution in [-0.2, 0) is 0 Å². The highest BCUT2D eigenvalue weighted by atomic mass is 19.1. The van der Waals surface area contributed by atoms with Gasteiger partial charge in [-0.1, -0.05) is 29.8 Å². The van der Waals surface area contributed by atoms with Crippen LogP contribution in [-0.4, -0.2) is 5.97 Å². The van der Waals surface area contributed by atoms with Crippen molar-refractivity contribution in [3.63, 3.8) is 0 Å². The number of hydrogen-bond donors (Lipinski definition) is 0. The molecule has 3 rings (SSSR count). The summed E-state index contributed by atoms with van der Waals surface area (Å²) in [5, 5.41) is 0. The van der Waals surface area contributed by atoms with Gasteiger partial charge in [0.2, 0.25) is 0 Å². The SMILES string of the molecule is Cc1ccc(-c2cc(F)c(C(=O)Oc3cc(F)c(C)c(F)c3)c(F)c2)cc1. The van der Waals surface area contributed by atoms with Gasteiger partial charge in [-0.05, 0) is 37.1 Å². The lowest BCUT2D eigenvalue weighted by atomic mass is 10.0. The van der Waals surface area contributed by atoms with Gasteiger partial charge in [-0.3, -0.25) is 0 Å². The third-order valence-corrected chi connectivity index (χ3v) is 4.10. The van der Waals surface area contributed by atoms with E-state index in [1.54, 1.807) is 24.3 Å². The summed E-state index contributed by atoms with van der Waals surface area (Å²) >= 11 is 0. The van der Waals surface area contributed by atoms with Gasteiger partial charge in [0.15, 0.2) is 0 Å². The van der Waals surface area contributed by atoms with Crippen molar-refractivity contribution in [3.8, 4) is 16.9 Å². The van der Waals surface area contributed by atoms with Gasteiger partial charge in [0, 0.05) is 17.7 Å². The van der Waals surface area contributed by atoms with E-state index < -0.39 is 40.6 Å². The molecule has 2 nitrogen and oxygen atoms in total. The lowest BCUT2D eigenvalue weighted by Crippen LogP contribution is -2.14. The van der Waals surface area contributed by atoms with Gasteiger partial charge in [0.1, 0.15) is 34.6 Å². The smallest absolute Gasteiger partial charge is 0.349 e. The highest BCUT2D eigenvalue weighted by molar-refractivity contribution is 5.92. The molecule has 0 aliphatic rings. The van der Waals surface area contributed by atoms with E-state index in [1.165, 1.54) is 6.92 Å². The Bertz CT molecular complexity index is 981. The number of esters is 1. The Labute approximate surface area is 153 Å². The minimum Gasteiger partial charge on any atom is -0.423 e. The summed E-state index contributed by atoms with van der Waals surface area (Å²) < 4.78 is 60.5. The summed E-state index contributed by atoms with van der Waals surface area (Å²) in [5.74, 6) is -6.01. The van der Waals surface area contributed by atoms with E-state index in [0.717, 1.165) is 29.8 Å². The highest BCUT2D eigenvalue weighted by Gasteiger charge is 2.22. The molecule has 3 aromatic carbocycles. The van der Waals surface area contributed by atoms with Gasteiger partial charge >= 0.3 is 5.97 Å². The fourth-order valence-electron chi connectivity index (χ4n) is 2.52. The Morgan fingerprint density at radius 3 is 1.78 bits per heavy atom. The fraction of sp³-hybridized carbons (Fsp3) is 0.0952. The second-order valence-corrected chi connectivity index (χ2v) is 6.08. The van der Waals surface area contributed by atoms with E-state index in [1.807, 2.05) is 6.92 Å². The Morgan fingerprint density at radius 2 is 1.26 bits per heavy atom. The van der Waals surface area contributed by atoms with Crippen LogP contribution in [0.1, 0.15) is 21.5 Å². The summed E-state index contributed by atoms with van der Waals surface area (Å²) in [4.78, 5) is 12.1. The van der Waals surface area contributed by atoms with E-state index in [9.17, 15) is 22.4 Å². The van der Waals surface area contributed by atoms with Crippen molar-refractivity contribution >= 4 is 5.97 Å². The van der Waals surface area contributed by atoms with Gasteiger partial charge in [-0.15, -0.1) is 0 Å². The molecule has 0 atom stereocenters. The quantitative estimate of drug-likeness (QED) is 0.332. The number of aryl methyl sites for hydroxylation is 1. The molecule has 138 valence electrons. The second kappa shape index (κ2) is 7.23. The predicted molar refractivity (Wildman–Crippen MR) is 92.6 cm³/mol. The van der Waals surface area contributed by atoms with Crippen LogP contribution in [0.4, 0.5) is 17.6 Å². The van der Waals surface area contributed by atoms with Crippen molar-refractivity contribution < 1.29 is 27.1 Å². The van der Waals surface area contributed by atoms with Crippen molar-refractivity contribution in [2.45, 2.75) is 13.8 Å². The molecule has 0 heterocycles. The Balaban J connectivity index is 1.92. The number of hydrogen-bond acceptors (Lipinski definition) is 2. The van der Waals surface area contributed by atoms with E-state index in [4.69, 9.17) is 4.74 Å². The van der Waals surface area contributed by atoms with Crippen molar-refractivity contribution in [2.75, 3.05) is 0 Å². The number of rotatable bonds is 3. The maximum atomic E-state index is 14.4. The predicted octanol–water partition coefficient (Wildman–Crippen LogP) is 5.75. The Morgan fingerprint density at radius 1 is 0.741 bits per heavy atom. The lowest BCUT2D eigenvalue weighted by molar-refractivity contribution is 0.0724. The average molecular weight is 374 g/mol. The first kappa shape index (κ1) is 18.6. The van der Waals surface area contributed by atoms with Gasteiger partial charge in [0.25, 0.3) is 0 Å². The molecule has 3 aromatic rings. The van der Waals surface area contributed by atoms with E-state index in [-0.39, 0.29) is 11.1 Å². The molecule has 27 heavy (non-hydrogen) atoms. The van der Waals surface area contributed by atoms with E-state index in [0.29, 0.717) is 5.56 Å². The van der Waals surface area contributed by atoms with Gasteiger partial charge < -0.3 is 4.74 Å². The first-order chi connectivity index (χ1) is 12.8. The van der Waals surface area contributed by atoms with Crippen LogP contribution < -0.4 is 4.74 Å². The van der Waals surface area contributed by atoms with Crippen LogP contribution in [0.25, 0.3) is 11.1 Å². The number of benzene rings is 3. The Hall–Kier alpha value is -3.15. The summed E-state index contributed by atoms with van der Waals surface area (Å²) in [6.07, 6.45) is 0. The maximum Gasteiger partial charge on any atom is 0.349 e. The van der Waals surface area contributed by atoms with Crippen molar-refractivity contribution in [1.29, 1.82) is 0 Å². The summed E-state index contributed by atoms with van der Waals surface area (Å²) in [6.45, 7) is 3.08. The van der Waals surface area contributed by atoms with E-state index in [2.05, 4.69) is 0 Å². The maximum absolute atomic E-state index is 14.4. The van der Waals surface area contributed by atoms with Crippen LogP contribution >= 0.6 is 0 Å². The van der Waals surface area contributed by atoms with Crippen LogP contribution in [0.3, 0.4) is 0 Å². The molecule has 0 bridgehead atoms. The molecule has 0 unspecified atom stereocenters. The largest absolute Gasteiger partial charge is 0.423 e. The molecular weight excluding hydrogens is 360 g/mol. The number of ether oxygens (including phenoxy) is 1. The molecule has 0 aliphatic heterocycles. The molecule has 0 aliphatic carbocycles. The molecule has 0 amide bonds. The van der Waals surface area contributed by atoms with Crippen molar-refractivity contribution in [2.24, 2.45) is 0 Å². The van der Waals surface area contributed by atoms with Gasteiger partial charge in [-0.2, -0.15) is 0 Å². The van der Waals surface area contributed by atoms with Gasteiger partial charge in [0.05, 0.1) is 0 Å². The molecule has 0 aromatic heterocycles. The molecule has 0 saturated heterocycles. The van der Waals surface area contributed by atoms with Gasteiger partial charge in [-0.25, -0.2) is 22.4 Å². The minimum absolute atomic E-state index is 0.244. The first-order valence-corrected chi connectivity index (χ1v) is 8.00.